The molecule has 0 spiro atoms. The van der Waals surface area contributed by atoms with Crippen molar-refractivity contribution in [3.8, 4) is 17.2 Å². The van der Waals surface area contributed by atoms with E-state index in [1.165, 1.54) is 23.1 Å². The first-order valence-corrected chi connectivity index (χ1v) is 12.7. The lowest BCUT2D eigenvalue weighted by molar-refractivity contribution is -0.118. The number of carbonyl (C=O) groups excluding carboxylic acids is 2. The van der Waals surface area contributed by atoms with Crippen molar-refractivity contribution in [3.63, 3.8) is 0 Å². The second kappa shape index (κ2) is 8.83. The molecule has 10 heteroatoms. The van der Waals surface area contributed by atoms with Crippen molar-refractivity contribution in [2.45, 2.75) is 50.4 Å². The molecule has 2 aromatic heterocycles. The van der Waals surface area contributed by atoms with Gasteiger partial charge in [-0.3, -0.25) is 14.5 Å². The monoisotopic (exact) mass is 484 g/mol. The largest absolute Gasteiger partial charge is 0.454 e. The van der Waals surface area contributed by atoms with Crippen molar-refractivity contribution >= 4 is 39.9 Å². The van der Waals surface area contributed by atoms with Crippen LogP contribution in [0.4, 0.5) is 5.13 Å². The van der Waals surface area contributed by atoms with Gasteiger partial charge in [0.1, 0.15) is 0 Å². The van der Waals surface area contributed by atoms with Gasteiger partial charge in [-0.2, -0.15) is 0 Å². The van der Waals surface area contributed by atoms with E-state index < -0.39 is 0 Å². The third-order valence-corrected chi connectivity index (χ3v) is 7.81. The van der Waals surface area contributed by atoms with Crippen LogP contribution in [0, 0.1) is 13.8 Å². The molecule has 0 saturated heterocycles. The van der Waals surface area contributed by atoms with Crippen LogP contribution in [-0.4, -0.2) is 45.0 Å². The van der Waals surface area contributed by atoms with Gasteiger partial charge in [0.25, 0.3) is 0 Å². The lowest BCUT2D eigenvalue weighted by Crippen LogP contribution is -2.32. The highest BCUT2D eigenvalue weighted by atomic mass is 32.2. The summed E-state index contributed by atoms with van der Waals surface area (Å²) in [6.07, 6.45) is 2.45. The number of benzene rings is 1. The number of ether oxygens (including phenoxy) is 2. The number of fused-ring (bicyclic) bond motifs is 1. The molecule has 1 aromatic carbocycles. The number of hydrogen-bond acceptors (Lipinski definition) is 8. The van der Waals surface area contributed by atoms with Gasteiger partial charge in [-0.25, -0.2) is 0 Å². The third kappa shape index (κ3) is 4.24. The maximum absolute atomic E-state index is 13.0. The zero-order chi connectivity index (χ0) is 23.1. The van der Waals surface area contributed by atoms with Gasteiger partial charge < -0.3 is 14.0 Å². The van der Waals surface area contributed by atoms with E-state index in [0.29, 0.717) is 27.2 Å². The second-order valence-corrected chi connectivity index (χ2v) is 10.2. The summed E-state index contributed by atoms with van der Waals surface area (Å²) < 4.78 is 13.6. The Morgan fingerprint density at radius 1 is 1.18 bits per heavy atom. The number of hydrogen-bond donors (Lipinski definition) is 0. The average Bonchev–Trinajstić information content (AvgIpc) is 3.20. The summed E-state index contributed by atoms with van der Waals surface area (Å²) >= 11 is 2.73. The lowest BCUT2D eigenvalue weighted by atomic mass is 10.2. The van der Waals surface area contributed by atoms with E-state index >= 15 is 0 Å². The van der Waals surface area contributed by atoms with Crippen molar-refractivity contribution in [2.24, 2.45) is 0 Å². The van der Waals surface area contributed by atoms with Gasteiger partial charge in [-0.1, -0.05) is 30.0 Å². The first-order chi connectivity index (χ1) is 16.0. The van der Waals surface area contributed by atoms with Crippen molar-refractivity contribution < 1.29 is 19.1 Å². The lowest BCUT2D eigenvalue weighted by Gasteiger charge is -2.17. The van der Waals surface area contributed by atoms with Gasteiger partial charge in [0.15, 0.2) is 21.6 Å². The van der Waals surface area contributed by atoms with Crippen LogP contribution in [0.15, 0.2) is 28.6 Å². The minimum absolute atomic E-state index is 0.0283. The normalized spacial score (nSPS) is 14.5. The molecule has 1 aliphatic carbocycles. The zero-order valence-electron chi connectivity index (χ0n) is 18.7. The van der Waals surface area contributed by atoms with Gasteiger partial charge in [0, 0.05) is 41.2 Å². The van der Waals surface area contributed by atoms with E-state index in [0.717, 1.165) is 35.7 Å². The van der Waals surface area contributed by atoms with E-state index in [2.05, 4.69) is 10.2 Å². The Bertz CT molecular complexity index is 1230. The maximum atomic E-state index is 13.0. The Morgan fingerprint density at radius 3 is 2.73 bits per heavy atom. The smallest absolute Gasteiger partial charge is 0.231 e. The molecule has 1 fully saturated rings. The number of carbonyl (C=O) groups is 2. The van der Waals surface area contributed by atoms with Gasteiger partial charge in [0.05, 0.1) is 5.75 Å². The van der Waals surface area contributed by atoms with Crippen molar-refractivity contribution in [3.05, 3.63) is 41.2 Å². The van der Waals surface area contributed by atoms with E-state index in [-0.39, 0.29) is 30.3 Å². The van der Waals surface area contributed by atoms with E-state index in [4.69, 9.17) is 9.47 Å². The Kier molecular flexibility index (Phi) is 5.88. The first kappa shape index (κ1) is 22.0. The number of aryl methyl sites for hydroxylation is 1. The molecule has 0 radical (unpaired) electrons. The highest BCUT2D eigenvalue weighted by Gasteiger charge is 2.35. The summed E-state index contributed by atoms with van der Waals surface area (Å²) in [4.78, 5) is 27.1. The van der Waals surface area contributed by atoms with Gasteiger partial charge >= 0.3 is 0 Å². The Balaban J connectivity index is 1.30. The molecule has 172 valence electrons. The second-order valence-electron chi connectivity index (χ2n) is 8.07. The number of rotatable bonds is 8. The molecule has 3 aromatic rings. The highest BCUT2D eigenvalue weighted by Crippen LogP contribution is 2.37. The Hall–Kier alpha value is -2.85. The van der Waals surface area contributed by atoms with E-state index in [1.54, 1.807) is 4.90 Å². The first-order valence-electron chi connectivity index (χ1n) is 10.9. The summed E-state index contributed by atoms with van der Waals surface area (Å²) in [6, 6.07) is 7.93. The number of nitrogens with zero attached hydrogens (tertiary/aromatic N) is 4. The molecule has 1 saturated carbocycles. The molecule has 5 rings (SSSR count). The minimum atomic E-state index is 0.0283. The summed E-state index contributed by atoms with van der Waals surface area (Å²) in [6.45, 7) is 6.01. The van der Waals surface area contributed by atoms with Crippen molar-refractivity contribution in [1.29, 1.82) is 0 Å². The van der Waals surface area contributed by atoms with Crippen LogP contribution in [0.3, 0.4) is 0 Å². The van der Waals surface area contributed by atoms with E-state index in [1.807, 2.05) is 49.6 Å². The fourth-order valence-corrected chi connectivity index (χ4v) is 5.81. The van der Waals surface area contributed by atoms with Crippen LogP contribution in [0.2, 0.25) is 0 Å². The summed E-state index contributed by atoms with van der Waals surface area (Å²) in [5.74, 6) is 1.78. The van der Waals surface area contributed by atoms with Crippen molar-refractivity contribution in [1.82, 2.24) is 14.8 Å². The topological polar surface area (TPSA) is 86.6 Å². The number of Topliss-reactive ketones (excluding diaryl/α,β-unsaturated/α-hetero) is 1. The highest BCUT2D eigenvalue weighted by molar-refractivity contribution is 8.01. The quantitative estimate of drug-likeness (QED) is 0.263. The summed E-state index contributed by atoms with van der Waals surface area (Å²) in [5, 5.41) is 9.05. The Labute approximate surface area is 199 Å². The predicted octanol–water partition coefficient (Wildman–Crippen LogP) is 4.55. The van der Waals surface area contributed by atoms with Gasteiger partial charge in [-0.05, 0) is 44.9 Å². The molecular weight excluding hydrogens is 460 g/mol. The van der Waals surface area contributed by atoms with Crippen LogP contribution >= 0.6 is 23.1 Å². The van der Waals surface area contributed by atoms with E-state index in [9.17, 15) is 9.59 Å². The average molecular weight is 485 g/mol. The number of thioether (sulfide) groups is 1. The van der Waals surface area contributed by atoms with Crippen LogP contribution < -0.4 is 14.4 Å². The maximum Gasteiger partial charge on any atom is 0.231 e. The van der Waals surface area contributed by atoms with Crippen molar-refractivity contribution in [2.75, 3.05) is 17.4 Å². The predicted molar refractivity (Wildman–Crippen MR) is 127 cm³/mol. The van der Waals surface area contributed by atoms with Gasteiger partial charge in [0.2, 0.25) is 17.8 Å². The standard InChI is InChI=1S/C23H24N4O4S2/c1-4-21(29)27(15-5-6-15)22-24-25-23(33-22)32-11-18(28)17-9-13(2)26(14(17)3)16-7-8-19-20(10-16)31-12-30-19/h7-10,15H,4-6,11-12H2,1-3H3. The molecular formula is C23H24N4O4S2. The van der Waals surface area contributed by atoms with Crippen LogP contribution in [0.5, 0.6) is 11.5 Å². The summed E-state index contributed by atoms with van der Waals surface area (Å²) in [5.41, 5.74) is 3.46. The molecule has 33 heavy (non-hydrogen) atoms. The number of ketones is 1. The molecule has 2 aliphatic rings. The molecule has 0 bridgehead atoms. The molecule has 1 aliphatic heterocycles. The van der Waals surface area contributed by atoms with Crippen LogP contribution in [0.1, 0.15) is 47.9 Å². The SMILES string of the molecule is CCC(=O)N(c1nnc(SCC(=O)c2cc(C)n(-c3ccc4c(c3)OCO4)c2C)s1)C1CC1. The number of anilines is 1. The van der Waals surface area contributed by atoms with Crippen LogP contribution in [-0.2, 0) is 4.79 Å². The van der Waals surface area contributed by atoms with Gasteiger partial charge in [-0.15, -0.1) is 10.2 Å². The van der Waals surface area contributed by atoms with Crippen LogP contribution in [0.25, 0.3) is 5.69 Å². The molecule has 0 N–H and O–H groups in total. The third-order valence-electron chi connectivity index (χ3n) is 5.76. The zero-order valence-corrected chi connectivity index (χ0v) is 20.3. The molecule has 0 atom stereocenters. The molecule has 3 heterocycles. The molecule has 1 amide bonds. The number of aromatic nitrogens is 3. The Morgan fingerprint density at radius 2 is 1.97 bits per heavy atom. The minimum Gasteiger partial charge on any atom is -0.454 e. The molecule has 0 unspecified atom stereocenters. The molecule has 8 nitrogen and oxygen atoms in total. The fourth-order valence-electron chi connectivity index (χ4n) is 4.00. The number of amides is 1. The fraction of sp³-hybridized carbons (Fsp3) is 0.391. The summed E-state index contributed by atoms with van der Waals surface area (Å²) in [7, 11) is 0.